The molecule has 2 aromatic carbocycles. The standard InChI is InChI=1S/C24H25ClN6O4/c1-14-6-4-5-7-19(14)35-13-18(32)12-31-20-21(30(3)24(34)27-22(20)33)26-23(31)29-28-15(2)16-8-10-17(25)11-9-16/h4-11,18,32H,12-13H2,1-3H3,(H,26,29)(H,27,33,34). The molecule has 10 nitrogen and oxygen atoms in total. The summed E-state index contributed by atoms with van der Waals surface area (Å²) in [5.41, 5.74) is 4.36. The van der Waals surface area contributed by atoms with Crippen molar-refractivity contribution in [3.8, 4) is 5.75 Å². The number of aromatic amines is 1. The van der Waals surface area contributed by atoms with Crippen molar-refractivity contribution in [3.63, 3.8) is 0 Å². The van der Waals surface area contributed by atoms with Gasteiger partial charge in [0.05, 0.1) is 12.3 Å². The van der Waals surface area contributed by atoms with E-state index in [-0.39, 0.29) is 30.3 Å². The monoisotopic (exact) mass is 496 g/mol. The summed E-state index contributed by atoms with van der Waals surface area (Å²) in [6.07, 6.45) is -0.981. The van der Waals surface area contributed by atoms with Crippen molar-refractivity contribution in [1.82, 2.24) is 19.1 Å². The first-order chi connectivity index (χ1) is 16.7. The maximum absolute atomic E-state index is 12.7. The molecule has 0 saturated carbocycles. The third-order valence-electron chi connectivity index (χ3n) is 5.51. The van der Waals surface area contributed by atoms with Crippen LogP contribution in [0, 0.1) is 6.92 Å². The summed E-state index contributed by atoms with van der Waals surface area (Å²) in [6.45, 7) is 3.67. The van der Waals surface area contributed by atoms with Crippen LogP contribution in [0.2, 0.25) is 5.02 Å². The Hall–Kier alpha value is -3.89. The molecule has 0 saturated heterocycles. The number of rotatable bonds is 8. The van der Waals surface area contributed by atoms with Crippen LogP contribution in [0.4, 0.5) is 5.95 Å². The fourth-order valence-electron chi connectivity index (χ4n) is 3.55. The second-order valence-corrected chi connectivity index (χ2v) is 8.52. The molecular weight excluding hydrogens is 472 g/mol. The number of aliphatic hydroxyl groups is 1. The van der Waals surface area contributed by atoms with Gasteiger partial charge in [0.2, 0.25) is 5.95 Å². The molecule has 4 aromatic rings. The molecule has 3 N–H and O–H groups in total. The minimum Gasteiger partial charge on any atom is -0.491 e. The Bertz CT molecular complexity index is 1500. The van der Waals surface area contributed by atoms with Crippen molar-refractivity contribution < 1.29 is 9.84 Å². The van der Waals surface area contributed by atoms with Crippen molar-refractivity contribution in [3.05, 3.63) is 85.5 Å². The number of aromatic nitrogens is 4. The number of nitrogens with one attached hydrogen (secondary N) is 2. The smallest absolute Gasteiger partial charge is 0.329 e. The van der Waals surface area contributed by atoms with Gasteiger partial charge in [0, 0.05) is 12.1 Å². The summed E-state index contributed by atoms with van der Waals surface area (Å²) in [5.74, 6) is 0.846. The first kappa shape index (κ1) is 24.2. The Kier molecular flexibility index (Phi) is 7.04. The predicted octanol–water partition coefficient (Wildman–Crippen LogP) is 2.66. The number of benzene rings is 2. The number of aliphatic hydroxyl groups excluding tert-OH is 1. The summed E-state index contributed by atoms with van der Waals surface area (Å²) in [6, 6.07) is 14.6. The molecule has 4 rings (SSSR count). The number of hydrogen-bond acceptors (Lipinski definition) is 7. The number of fused-ring (bicyclic) bond motifs is 1. The number of hydrazone groups is 1. The van der Waals surface area contributed by atoms with Crippen LogP contribution in [0.15, 0.2) is 63.2 Å². The number of aryl methyl sites for hydroxylation is 2. The Morgan fingerprint density at radius 2 is 1.94 bits per heavy atom. The van der Waals surface area contributed by atoms with Gasteiger partial charge in [-0.05, 0) is 43.2 Å². The average molecular weight is 497 g/mol. The predicted molar refractivity (Wildman–Crippen MR) is 136 cm³/mol. The van der Waals surface area contributed by atoms with Crippen LogP contribution in [0.5, 0.6) is 5.75 Å². The minimum atomic E-state index is -0.981. The Labute approximate surface area is 205 Å². The lowest BCUT2D eigenvalue weighted by atomic mass is 10.1. The lowest BCUT2D eigenvalue weighted by molar-refractivity contribution is 0.0935. The molecule has 0 aliphatic rings. The lowest BCUT2D eigenvalue weighted by Crippen LogP contribution is -2.30. The maximum atomic E-state index is 12.7. The van der Waals surface area contributed by atoms with Gasteiger partial charge in [-0.1, -0.05) is 41.9 Å². The molecular formula is C24H25ClN6O4. The summed E-state index contributed by atoms with van der Waals surface area (Å²) in [7, 11) is 1.50. The first-order valence-electron chi connectivity index (χ1n) is 10.9. The van der Waals surface area contributed by atoms with Crippen molar-refractivity contribution in [2.75, 3.05) is 12.0 Å². The largest absolute Gasteiger partial charge is 0.491 e. The molecule has 182 valence electrons. The number of imidazole rings is 1. The fraction of sp³-hybridized carbons (Fsp3) is 0.250. The van der Waals surface area contributed by atoms with Gasteiger partial charge in [-0.2, -0.15) is 10.1 Å². The summed E-state index contributed by atoms with van der Waals surface area (Å²) in [4.78, 5) is 31.4. The number of ether oxygens (including phenoxy) is 1. The fourth-order valence-corrected chi connectivity index (χ4v) is 3.68. The quantitative estimate of drug-likeness (QED) is 0.254. The van der Waals surface area contributed by atoms with Gasteiger partial charge < -0.3 is 14.4 Å². The molecule has 0 aliphatic carbocycles. The highest BCUT2D eigenvalue weighted by Crippen LogP contribution is 2.19. The van der Waals surface area contributed by atoms with E-state index in [4.69, 9.17) is 16.3 Å². The Morgan fingerprint density at radius 3 is 2.66 bits per heavy atom. The molecule has 2 heterocycles. The molecule has 0 amide bonds. The Morgan fingerprint density at radius 1 is 1.23 bits per heavy atom. The molecule has 1 unspecified atom stereocenters. The van der Waals surface area contributed by atoms with E-state index in [1.807, 2.05) is 43.3 Å². The van der Waals surface area contributed by atoms with Gasteiger partial charge >= 0.3 is 5.69 Å². The van der Waals surface area contributed by atoms with Crippen molar-refractivity contribution in [2.24, 2.45) is 12.1 Å². The molecule has 35 heavy (non-hydrogen) atoms. The van der Waals surface area contributed by atoms with E-state index < -0.39 is 17.4 Å². The van der Waals surface area contributed by atoms with Crippen LogP contribution in [-0.4, -0.2) is 42.6 Å². The van der Waals surface area contributed by atoms with E-state index in [2.05, 4.69) is 20.5 Å². The molecule has 0 bridgehead atoms. The van der Waals surface area contributed by atoms with Crippen LogP contribution < -0.4 is 21.4 Å². The van der Waals surface area contributed by atoms with Gasteiger partial charge in [0.15, 0.2) is 11.2 Å². The maximum Gasteiger partial charge on any atom is 0.329 e. The highest BCUT2D eigenvalue weighted by molar-refractivity contribution is 6.30. The summed E-state index contributed by atoms with van der Waals surface area (Å²) in [5, 5.41) is 15.7. The number of nitrogens with zero attached hydrogens (tertiary/aromatic N) is 4. The van der Waals surface area contributed by atoms with E-state index in [1.54, 1.807) is 19.1 Å². The van der Waals surface area contributed by atoms with E-state index in [9.17, 15) is 14.7 Å². The third-order valence-corrected chi connectivity index (χ3v) is 5.76. The topological polar surface area (TPSA) is 127 Å². The second kappa shape index (κ2) is 10.2. The highest BCUT2D eigenvalue weighted by Gasteiger charge is 2.20. The zero-order valence-corrected chi connectivity index (χ0v) is 20.2. The van der Waals surface area contributed by atoms with E-state index in [0.29, 0.717) is 16.5 Å². The van der Waals surface area contributed by atoms with E-state index in [1.165, 1.54) is 16.2 Å². The van der Waals surface area contributed by atoms with Gasteiger partial charge in [-0.15, -0.1) is 0 Å². The molecule has 0 spiro atoms. The molecule has 2 aromatic heterocycles. The molecule has 0 aliphatic heterocycles. The van der Waals surface area contributed by atoms with Gasteiger partial charge in [-0.25, -0.2) is 10.2 Å². The zero-order valence-electron chi connectivity index (χ0n) is 19.4. The Balaban J connectivity index is 1.65. The number of anilines is 1. The zero-order chi connectivity index (χ0) is 25.1. The van der Waals surface area contributed by atoms with Crippen molar-refractivity contribution >= 4 is 34.4 Å². The number of halogens is 1. The SMILES string of the molecule is CC(=NNc1nc2c(c(=O)[nH]c(=O)n2C)n1CC(O)COc1ccccc1C)c1ccc(Cl)cc1. The molecule has 0 fully saturated rings. The third kappa shape index (κ3) is 5.28. The number of H-pyrrole nitrogens is 1. The molecule has 0 radical (unpaired) electrons. The molecule has 11 heteroatoms. The van der Waals surface area contributed by atoms with E-state index >= 15 is 0 Å². The van der Waals surface area contributed by atoms with Gasteiger partial charge in [0.1, 0.15) is 18.5 Å². The molecule has 1 atom stereocenters. The van der Waals surface area contributed by atoms with Crippen molar-refractivity contribution in [2.45, 2.75) is 26.5 Å². The van der Waals surface area contributed by atoms with Crippen LogP contribution in [0.3, 0.4) is 0 Å². The van der Waals surface area contributed by atoms with E-state index in [0.717, 1.165) is 11.1 Å². The van der Waals surface area contributed by atoms with Gasteiger partial charge in [-0.3, -0.25) is 14.3 Å². The summed E-state index contributed by atoms with van der Waals surface area (Å²) < 4.78 is 8.47. The first-order valence-corrected chi connectivity index (χ1v) is 11.2. The van der Waals surface area contributed by atoms with Crippen molar-refractivity contribution in [1.29, 1.82) is 0 Å². The highest BCUT2D eigenvalue weighted by atomic mass is 35.5. The number of hydrogen-bond donors (Lipinski definition) is 3. The lowest BCUT2D eigenvalue weighted by Gasteiger charge is -2.16. The second-order valence-electron chi connectivity index (χ2n) is 8.08. The summed E-state index contributed by atoms with van der Waals surface area (Å²) >= 11 is 5.96. The van der Waals surface area contributed by atoms with Gasteiger partial charge in [0.25, 0.3) is 5.56 Å². The van der Waals surface area contributed by atoms with Crippen LogP contribution >= 0.6 is 11.6 Å². The minimum absolute atomic E-state index is 0.0132. The normalized spacial score (nSPS) is 12.7. The van der Waals surface area contributed by atoms with Crippen LogP contribution in [0.1, 0.15) is 18.1 Å². The number of para-hydroxylation sites is 1. The average Bonchev–Trinajstić information content (AvgIpc) is 3.19. The van der Waals surface area contributed by atoms with Crippen LogP contribution in [-0.2, 0) is 13.6 Å². The van der Waals surface area contributed by atoms with Crippen LogP contribution in [0.25, 0.3) is 11.2 Å².